The van der Waals surface area contributed by atoms with Crippen molar-refractivity contribution in [1.29, 1.82) is 0 Å². The largest absolute Gasteiger partial charge is 0.351 e. The Labute approximate surface area is 159 Å². The molecule has 1 aliphatic rings. The highest BCUT2D eigenvalue weighted by molar-refractivity contribution is 5.89. The molecule has 0 aliphatic heterocycles. The molecule has 27 heavy (non-hydrogen) atoms. The highest BCUT2D eigenvalue weighted by Crippen LogP contribution is 2.24. The molecule has 2 amide bonds. The Morgan fingerprint density at radius 1 is 1.26 bits per heavy atom. The zero-order valence-corrected chi connectivity index (χ0v) is 15.3. The van der Waals surface area contributed by atoms with Crippen molar-refractivity contribution in [3.8, 4) is 12.3 Å². The molecule has 1 fully saturated rings. The van der Waals surface area contributed by atoms with E-state index in [2.05, 4.69) is 11.2 Å². The van der Waals surface area contributed by atoms with E-state index in [1.807, 2.05) is 6.07 Å². The van der Waals surface area contributed by atoms with Gasteiger partial charge in [0, 0.05) is 11.0 Å². The van der Waals surface area contributed by atoms with Crippen molar-refractivity contribution in [2.24, 2.45) is 0 Å². The lowest BCUT2D eigenvalue weighted by Gasteiger charge is -2.32. The summed E-state index contributed by atoms with van der Waals surface area (Å²) in [5.41, 5.74) is 0.635. The van der Waals surface area contributed by atoms with Crippen LogP contribution < -0.4 is 5.32 Å². The Morgan fingerprint density at radius 3 is 2.52 bits per heavy atom. The van der Waals surface area contributed by atoms with Gasteiger partial charge in [0.2, 0.25) is 18.4 Å². The monoisotopic (exact) mass is 371 g/mol. The number of nitrogens with zero attached hydrogens (tertiary/aromatic N) is 2. The smallest absolute Gasteiger partial charge is 0.247 e. The van der Waals surface area contributed by atoms with Crippen LogP contribution in [-0.4, -0.2) is 40.8 Å². The summed E-state index contributed by atoms with van der Waals surface area (Å²) < 4.78 is 0. The van der Waals surface area contributed by atoms with Crippen LogP contribution in [-0.2, 0) is 9.59 Å². The van der Waals surface area contributed by atoms with Gasteiger partial charge in [-0.2, -0.15) is 0 Å². The van der Waals surface area contributed by atoms with Gasteiger partial charge in [-0.1, -0.05) is 55.5 Å². The summed E-state index contributed by atoms with van der Waals surface area (Å²) in [6, 6.07) is 8.09. The van der Waals surface area contributed by atoms with Crippen LogP contribution in [0.2, 0.25) is 0 Å². The average molecular weight is 371 g/mol. The fourth-order valence-corrected chi connectivity index (χ4v) is 3.39. The summed E-state index contributed by atoms with van der Waals surface area (Å²) in [6.07, 6.45) is 10.2. The second-order valence-corrected chi connectivity index (χ2v) is 6.69. The number of hydrogen-bond donors (Lipinski definition) is 1. The first kappa shape index (κ1) is 20.4. The van der Waals surface area contributed by atoms with Gasteiger partial charge in [-0.15, -0.1) is 6.42 Å². The third-order valence-electron chi connectivity index (χ3n) is 4.72. The minimum absolute atomic E-state index is 0.0824. The van der Waals surface area contributed by atoms with Gasteiger partial charge in [0.25, 0.3) is 0 Å². The predicted octanol–water partition coefficient (Wildman–Crippen LogP) is 2.31. The molecule has 0 bridgehead atoms. The van der Waals surface area contributed by atoms with Crippen LogP contribution in [0.15, 0.2) is 30.3 Å². The zero-order chi connectivity index (χ0) is 19.6. The third-order valence-corrected chi connectivity index (χ3v) is 4.72. The van der Waals surface area contributed by atoms with Crippen molar-refractivity contribution in [3.63, 3.8) is 0 Å². The third kappa shape index (κ3) is 6.10. The summed E-state index contributed by atoms with van der Waals surface area (Å²) in [5, 5.41) is 13.7. The normalized spacial score (nSPS) is 15.4. The molecular formula is C20H25N3O4. The summed E-state index contributed by atoms with van der Waals surface area (Å²) in [7, 11) is 0. The van der Waals surface area contributed by atoms with E-state index in [1.54, 1.807) is 24.3 Å². The Balaban J connectivity index is 2.25. The second-order valence-electron chi connectivity index (χ2n) is 6.69. The molecule has 0 aromatic heterocycles. The standard InChI is InChI=1S/C20H25N3O4/c1-2-14-22(18(24)13-15-23(26)27)19(16-9-5-3-6-10-16)20(25)21-17-11-7-4-8-12-17/h1,3,5-6,9-10,17,19H,4,7-8,11-15H2,(H,21,25). The molecule has 1 aromatic rings. The van der Waals surface area contributed by atoms with Gasteiger partial charge < -0.3 is 10.2 Å². The van der Waals surface area contributed by atoms with Gasteiger partial charge in [0.15, 0.2) is 0 Å². The molecule has 1 unspecified atom stereocenters. The van der Waals surface area contributed by atoms with E-state index in [-0.39, 0.29) is 24.9 Å². The number of hydrogen-bond acceptors (Lipinski definition) is 4. The van der Waals surface area contributed by atoms with Crippen LogP contribution in [0, 0.1) is 22.5 Å². The molecule has 0 saturated heterocycles. The Bertz CT molecular complexity index is 693. The van der Waals surface area contributed by atoms with E-state index < -0.39 is 23.4 Å². The van der Waals surface area contributed by atoms with Crippen LogP contribution >= 0.6 is 0 Å². The first-order valence-corrected chi connectivity index (χ1v) is 9.23. The number of carbonyl (C=O) groups is 2. The number of nitro groups is 1. The van der Waals surface area contributed by atoms with Crippen molar-refractivity contribution < 1.29 is 14.5 Å². The Hall–Kier alpha value is -2.88. The van der Waals surface area contributed by atoms with E-state index in [1.165, 1.54) is 4.90 Å². The van der Waals surface area contributed by atoms with Gasteiger partial charge in [0.05, 0.1) is 13.0 Å². The zero-order valence-electron chi connectivity index (χ0n) is 15.3. The molecule has 144 valence electrons. The molecule has 1 aromatic carbocycles. The fraction of sp³-hybridized carbons (Fsp3) is 0.500. The Morgan fingerprint density at radius 2 is 1.93 bits per heavy atom. The Kier molecular flexibility index (Phi) is 7.80. The number of benzene rings is 1. The predicted molar refractivity (Wildman–Crippen MR) is 101 cm³/mol. The number of amides is 2. The maximum Gasteiger partial charge on any atom is 0.247 e. The lowest BCUT2D eigenvalue weighted by molar-refractivity contribution is -0.478. The molecule has 1 atom stereocenters. The van der Waals surface area contributed by atoms with E-state index >= 15 is 0 Å². The van der Waals surface area contributed by atoms with E-state index in [4.69, 9.17) is 6.42 Å². The molecule has 1 saturated carbocycles. The highest BCUT2D eigenvalue weighted by atomic mass is 16.6. The SMILES string of the molecule is C#CCN(C(=O)CC[N+](=O)[O-])C(C(=O)NC1CCCCC1)c1ccccc1. The number of terminal acetylenes is 1. The first-order valence-electron chi connectivity index (χ1n) is 9.23. The summed E-state index contributed by atoms with van der Waals surface area (Å²) in [6.45, 7) is -0.583. The van der Waals surface area contributed by atoms with Gasteiger partial charge >= 0.3 is 0 Å². The lowest BCUT2D eigenvalue weighted by atomic mass is 9.94. The topological polar surface area (TPSA) is 92.6 Å². The minimum Gasteiger partial charge on any atom is -0.351 e. The summed E-state index contributed by atoms with van der Waals surface area (Å²) >= 11 is 0. The maximum atomic E-state index is 13.1. The molecule has 7 nitrogen and oxygen atoms in total. The van der Waals surface area contributed by atoms with Crippen LogP contribution in [0.4, 0.5) is 0 Å². The van der Waals surface area contributed by atoms with Crippen molar-refractivity contribution >= 4 is 11.8 Å². The van der Waals surface area contributed by atoms with Crippen molar-refractivity contribution in [2.75, 3.05) is 13.1 Å². The van der Waals surface area contributed by atoms with Crippen LogP contribution in [0.3, 0.4) is 0 Å². The molecule has 2 rings (SSSR count). The fourth-order valence-electron chi connectivity index (χ4n) is 3.39. The molecular weight excluding hydrogens is 346 g/mol. The second kappa shape index (κ2) is 10.3. The van der Waals surface area contributed by atoms with E-state index in [0.717, 1.165) is 32.1 Å². The van der Waals surface area contributed by atoms with Crippen molar-refractivity contribution in [1.82, 2.24) is 10.2 Å². The number of nitrogens with one attached hydrogen (secondary N) is 1. The van der Waals surface area contributed by atoms with Crippen LogP contribution in [0.1, 0.15) is 50.1 Å². The highest BCUT2D eigenvalue weighted by Gasteiger charge is 2.32. The quantitative estimate of drug-likeness (QED) is 0.431. The van der Waals surface area contributed by atoms with Gasteiger partial charge in [0.1, 0.15) is 6.04 Å². The van der Waals surface area contributed by atoms with Gasteiger partial charge in [-0.05, 0) is 18.4 Å². The molecule has 0 spiro atoms. The van der Waals surface area contributed by atoms with Crippen molar-refractivity contribution in [2.45, 2.75) is 50.6 Å². The van der Waals surface area contributed by atoms with Crippen LogP contribution in [0.25, 0.3) is 0 Å². The van der Waals surface area contributed by atoms with Gasteiger partial charge in [-0.3, -0.25) is 19.7 Å². The summed E-state index contributed by atoms with van der Waals surface area (Å²) in [4.78, 5) is 37.0. The van der Waals surface area contributed by atoms with Crippen molar-refractivity contribution in [3.05, 3.63) is 46.0 Å². The molecule has 0 radical (unpaired) electrons. The average Bonchev–Trinajstić information content (AvgIpc) is 2.67. The van der Waals surface area contributed by atoms with E-state index in [0.29, 0.717) is 5.56 Å². The molecule has 1 aliphatic carbocycles. The minimum atomic E-state index is -0.900. The molecule has 0 heterocycles. The lowest BCUT2D eigenvalue weighted by Crippen LogP contribution is -2.47. The number of carbonyl (C=O) groups excluding carboxylic acids is 2. The van der Waals surface area contributed by atoms with E-state index in [9.17, 15) is 19.7 Å². The molecule has 1 N–H and O–H groups in total. The molecule has 7 heteroatoms. The summed E-state index contributed by atoms with van der Waals surface area (Å²) in [5.74, 6) is 1.60. The van der Waals surface area contributed by atoms with Crippen LogP contribution in [0.5, 0.6) is 0 Å². The maximum absolute atomic E-state index is 13.1. The van der Waals surface area contributed by atoms with Gasteiger partial charge in [-0.25, -0.2) is 0 Å². The first-order chi connectivity index (χ1) is 13.0. The number of rotatable bonds is 8.